The van der Waals surface area contributed by atoms with Gasteiger partial charge in [0, 0.05) is 22.7 Å². The van der Waals surface area contributed by atoms with Crippen molar-refractivity contribution in [1.29, 1.82) is 0 Å². The van der Waals surface area contributed by atoms with Crippen molar-refractivity contribution in [3.63, 3.8) is 0 Å². The van der Waals surface area contributed by atoms with Crippen LogP contribution < -0.4 is 16.4 Å². The van der Waals surface area contributed by atoms with E-state index in [4.69, 9.17) is 5.73 Å². The van der Waals surface area contributed by atoms with Gasteiger partial charge in [-0.2, -0.15) is 0 Å². The molecule has 1 aliphatic heterocycles. The molecule has 4 N–H and O–H groups in total. The first-order valence-corrected chi connectivity index (χ1v) is 9.05. The average molecular weight is 432 g/mol. The van der Waals surface area contributed by atoms with E-state index in [1.54, 1.807) is 0 Å². The quantitative estimate of drug-likeness (QED) is 0.637. The van der Waals surface area contributed by atoms with Crippen molar-refractivity contribution >= 4 is 28.6 Å². The van der Waals surface area contributed by atoms with E-state index in [-0.39, 0.29) is 0 Å². The van der Waals surface area contributed by atoms with Crippen molar-refractivity contribution in [2.75, 3.05) is 6.54 Å². The molecule has 0 spiro atoms. The fourth-order valence-electron chi connectivity index (χ4n) is 2.68. The number of nitrogens with two attached hydrogens (primary N) is 1. The lowest BCUT2D eigenvalue weighted by atomic mass is 9.99. The molecule has 1 unspecified atom stereocenters. The smallest absolute Gasteiger partial charge is 0.197 e. The van der Waals surface area contributed by atoms with Crippen LogP contribution in [0.25, 0.3) is 0 Å². The van der Waals surface area contributed by atoms with Gasteiger partial charge in [0.2, 0.25) is 0 Å². The summed E-state index contributed by atoms with van der Waals surface area (Å²) in [5.41, 5.74) is 8.35. The van der Waals surface area contributed by atoms with Gasteiger partial charge in [-0.25, -0.2) is 0 Å². The fraction of sp³-hybridized carbons (Fsp3) is 0.211. The van der Waals surface area contributed by atoms with Gasteiger partial charge in [-0.15, -0.1) is 0 Å². The van der Waals surface area contributed by atoms with Crippen LogP contribution in [0.4, 0.5) is 0 Å². The largest absolute Gasteiger partial charge is 0.334 e. The van der Waals surface area contributed by atoms with Crippen molar-refractivity contribution in [2.45, 2.75) is 18.5 Å². The first kappa shape index (κ1) is 17.0. The Hall–Kier alpha value is -1.86. The Morgan fingerprint density at radius 3 is 2.62 bits per heavy atom. The van der Waals surface area contributed by atoms with Crippen LogP contribution in [0, 0.1) is 3.57 Å². The van der Waals surface area contributed by atoms with Gasteiger partial charge in [0.15, 0.2) is 5.96 Å². The van der Waals surface area contributed by atoms with Gasteiger partial charge >= 0.3 is 0 Å². The topological polar surface area (TPSA) is 62.4 Å². The maximum Gasteiger partial charge on any atom is 0.197 e. The number of nitrogens with one attached hydrogen (secondary N) is 2. The van der Waals surface area contributed by atoms with Crippen LogP contribution in [-0.4, -0.2) is 18.2 Å². The summed E-state index contributed by atoms with van der Waals surface area (Å²) in [5.74, 6) is 0.724. The Labute approximate surface area is 156 Å². The normalized spacial score (nSPS) is 21.3. The minimum absolute atomic E-state index is 0.624. The fourth-order valence-corrected chi connectivity index (χ4v) is 3.29. The number of rotatable bonds is 5. The molecular weight excluding hydrogens is 411 g/mol. The highest BCUT2D eigenvalue weighted by Gasteiger charge is 2.26. The zero-order valence-corrected chi connectivity index (χ0v) is 15.5. The van der Waals surface area contributed by atoms with E-state index in [9.17, 15) is 0 Å². The van der Waals surface area contributed by atoms with Crippen LogP contribution in [0.3, 0.4) is 0 Å². The minimum Gasteiger partial charge on any atom is -0.334 e. The van der Waals surface area contributed by atoms with Crippen molar-refractivity contribution < 1.29 is 0 Å². The van der Waals surface area contributed by atoms with Crippen molar-refractivity contribution in [1.82, 2.24) is 10.6 Å². The van der Waals surface area contributed by atoms with E-state index in [2.05, 4.69) is 86.7 Å². The summed E-state index contributed by atoms with van der Waals surface area (Å²) in [6, 6.07) is 18.7. The molecule has 3 rings (SSSR count). The lowest BCUT2D eigenvalue weighted by Gasteiger charge is -2.32. The van der Waals surface area contributed by atoms with Gasteiger partial charge in [0.1, 0.15) is 5.66 Å². The van der Waals surface area contributed by atoms with E-state index in [0.717, 1.165) is 12.4 Å². The van der Waals surface area contributed by atoms with Crippen LogP contribution >= 0.6 is 22.6 Å². The van der Waals surface area contributed by atoms with Crippen LogP contribution in [0.15, 0.2) is 71.9 Å². The number of hydrogen-bond donors (Lipinski definition) is 3. The molecule has 2 aromatic carbocycles. The SMILES string of the molecule is NC1(Cc2cccc(I)c2)C=CNC(=NCCc2ccccc2)N1. The van der Waals surface area contributed by atoms with Crippen LogP contribution in [0.5, 0.6) is 0 Å². The molecule has 0 saturated heterocycles. The number of benzene rings is 2. The molecule has 24 heavy (non-hydrogen) atoms. The Morgan fingerprint density at radius 2 is 1.83 bits per heavy atom. The highest BCUT2D eigenvalue weighted by atomic mass is 127. The van der Waals surface area contributed by atoms with Crippen LogP contribution in [0.1, 0.15) is 11.1 Å². The second-order valence-corrected chi connectivity index (χ2v) is 7.16. The molecule has 0 radical (unpaired) electrons. The number of hydrogen-bond acceptors (Lipinski definition) is 2. The van der Waals surface area contributed by atoms with E-state index >= 15 is 0 Å². The lowest BCUT2D eigenvalue weighted by Crippen LogP contribution is -2.61. The standard InChI is InChI=1S/C19H21IN4/c20-17-8-4-7-16(13-17)14-19(21)10-12-23-18(24-19)22-11-9-15-5-2-1-3-6-15/h1-8,10,12-13H,9,11,14,21H2,(H2,22,23,24). The monoisotopic (exact) mass is 432 g/mol. The highest BCUT2D eigenvalue weighted by Crippen LogP contribution is 2.15. The summed E-state index contributed by atoms with van der Waals surface area (Å²) in [6.45, 7) is 0.715. The summed E-state index contributed by atoms with van der Waals surface area (Å²) in [5, 5.41) is 6.45. The van der Waals surface area contributed by atoms with Crippen LogP contribution in [0.2, 0.25) is 0 Å². The zero-order valence-electron chi connectivity index (χ0n) is 13.4. The molecule has 1 atom stereocenters. The van der Waals surface area contributed by atoms with Gasteiger partial charge in [-0.05, 0) is 58.3 Å². The minimum atomic E-state index is -0.624. The van der Waals surface area contributed by atoms with Crippen LogP contribution in [-0.2, 0) is 12.8 Å². The maximum absolute atomic E-state index is 6.49. The lowest BCUT2D eigenvalue weighted by molar-refractivity contribution is 0.472. The second-order valence-electron chi connectivity index (χ2n) is 5.92. The molecule has 4 nitrogen and oxygen atoms in total. The summed E-state index contributed by atoms with van der Waals surface area (Å²) in [6.07, 6.45) is 5.43. The van der Waals surface area contributed by atoms with Crippen molar-refractivity contribution in [3.05, 3.63) is 81.6 Å². The molecule has 0 bridgehead atoms. The Morgan fingerprint density at radius 1 is 1.04 bits per heavy atom. The number of halogens is 1. The molecule has 124 valence electrons. The Kier molecular flexibility index (Phi) is 5.52. The van der Waals surface area contributed by atoms with Gasteiger partial charge in [0.05, 0.1) is 0 Å². The molecule has 2 aromatic rings. The van der Waals surface area contributed by atoms with Crippen molar-refractivity contribution in [2.24, 2.45) is 10.7 Å². The van der Waals surface area contributed by atoms with Gasteiger partial charge < -0.3 is 16.4 Å². The zero-order chi connectivity index (χ0) is 16.8. The highest BCUT2D eigenvalue weighted by molar-refractivity contribution is 14.1. The molecule has 1 aliphatic rings. The number of guanidine groups is 1. The van der Waals surface area contributed by atoms with Gasteiger partial charge in [-0.1, -0.05) is 42.5 Å². The molecule has 1 heterocycles. The maximum atomic E-state index is 6.49. The Balaban J connectivity index is 1.61. The van der Waals surface area contributed by atoms with E-state index in [0.29, 0.717) is 13.0 Å². The summed E-state index contributed by atoms with van der Waals surface area (Å²) in [4.78, 5) is 4.59. The van der Waals surface area contributed by atoms with E-state index < -0.39 is 5.66 Å². The van der Waals surface area contributed by atoms with Gasteiger partial charge in [-0.3, -0.25) is 4.99 Å². The van der Waals surface area contributed by atoms with Gasteiger partial charge in [0.25, 0.3) is 0 Å². The first-order valence-electron chi connectivity index (χ1n) is 7.97. The molecule has 0 saturated carbocycles. The summed E-state index contributed by atoms with van der Waals surface area (Å²) in [7, 11) is 0. The van der Waals surface area contributed by atoms with E-state index in [1.807, 2.05) is 18.3 Å². The predicted molar refractivity (Wildman–Crippen MR) is 108 cm³/mol. The third-order valence-corrected chi connectivity index (χ3v) is 4.52. The Bertz CT molecular complexity index is 742. The molecule has 0 amide bonds. The molecule has 0 fully saturated rings. The number of aliphatic imine (C=N–C) groups is 1. The average Bonchev–Trinajstić information content (AvgIpc) is 2.55. The molecular formula is C19H21IN4. The predicted octanol–water partition coefficient (Wildman–Crippen LogP) is 2.79. The molecule has 0 aromatic heterocycles. The molecule has 5 heteroatoms. The van der Waals surface area contributed by atoms with Crippen molar-refractivity contribution in [3.8, 4) is 0 Å². The third kappa shape index (κ3) is 4.82. The molecule has 0 aliphatic carbocycles. The third-order valence-electron chi connectivity index (χ3n) is 3.85. The second kappa shape index (κ2) is 7.81. The van der Waals surface area contributed by atoms with E-state index in [1.165, 1.54) is 14.7 Å². The summed E-state index contributed by atoms with van der Waals surface area (Å²) >= 11 is 2.32. The first-order chi connectivity index (χ1) is 11.6. The summed E-state index contributed by atoms with van der Waals surface area (Å²) < 4.78 is 1.21. The number of nitrogens with zero attached hydrogens (tertiary/aromatic N) is 1.